The van der Waals surface area contributed by atoms with Gasteiger partial charge in [-0.25, -0.2) is 9.37 Å². The van der Waals surface area contributed by atoms with E-state index in [-0.39, 0.29) is 5.82 Å². The third-order valence-corrected chi connectivity index (χ3v) is 3.63. The molecule has 0 amide bonds. The van der Waals surface area contributed by atoms with E-state index in [1.54, 1.807) is 18.3 Å². The highest BCUT2D eigenvalue weighted by atomic mass is 19.1. The maximum atomic E-state index is 13.3. The number of anilines is 4. The quantitative estimate of drug-likeness (QED) is 0.731. The van der Waals surface area contributed by atoms with Crippen LogP contribution in [0, 0.1) is 12.7 Å². The van der Waals surface area contributed by atoms with Crippen LogP contribution in [0.25, 0.3) is 0 Å². The molecule has 0 radical (unpaired) electrons. The average Bonchev–Trinajstić information content (AvgIpc) is 2.56. The average molecular weight is 322 g/mol. The highest BCUT2D eigenvalue weighted by molar-refractivity contribution is 5.62. The Kier molecular flexibility index (Phi) is 4.70. The fourth-order valence-corrected chi connectivity index (χ4v) is 2.53. The lowest BCUT2D eigenvalue weighted by atomic mass is 10.2. The number of benzene rings is 2. The highest BCUT2D eigenvalue weighted by Gasteiger charge is 2.10. The van der Waals surface area contributed by atoms with E-state index in [4.69, 9.17) is 0 Å². The topological polar surface area (TPSA) is 41.1 Å². The minimum Gasteiger partial charge on any atom is -0.326 e. The van der Waals surface area contributed by atoms with Gasteiger partial charge in [0.25, 0.3) is 0 Å². The maximum Gasteiger partial charge on any atom is 0.229 e. The number of aryl methyl sites for hydroxylation is 1. The molecule has 0 saturated heterocycles. The van der Waals surface area contributed by atoms with Gasteiger partial charge in [0.05, 0.1) is 0 Å². The van der Waals surface area contributed by atoms with Gasteiger partial charge >= 0.3 is 0 Å². The van der Waals surface area contributed by atoms with Gasteiger partial charge in [-0.1, -0.05) is 18.2 Å². The molecular weight excluding hydrogens is 303 g/mol. The zero-order chi connectivity index (χ0) is 16.9. The van der Waals surface area contributed by atoms with Crippen molar-refractivity contribution in [3.8, 4) is 0 Å². The lowest BCUT2D eigenvalue weighted by molar-refractivity contribution is 0.628. The Morgan fingerprint density at radius 2 is 1.92 bits per heavy atom. The molecule has 1 N–H and O–H groups in total. The zero-order valence-electron chi connectivity index (χ0n) is 13.7. The first-order chi connectivity index (χ1) is 11.7. The largest absolute Gasteiger partial charge is 0.326 e. The Morgan fingerprint density at radius 1 is 1.08 bits per heavy atom. The first-order valence-corrected chi connectivity index (χ1v) is 7.85. The van der Waals surface area contributed by atoms with E-state index in [9.17, 15) is 4.39 Å². The molecule has 0 fully saturated rings. The van der Waals surface area contributed by atoms with Crippen molar-refractivity contribution in [2.24, 2.45) is 0 Å². The molecule has 0 atom stereocenters. The second kappa shape index (κ2) is 7.08. The van der Waals surface area contributed by atoms with E-state index < -0.39 is 0 Å². The van der Waals surface area contributed by atoms with E-state index in [0.29, 0.717) is 11.6 Å². The van der Waals surface area contributed by atoms with Crippen LogP contribution in [0.1, 0.15) is 12.5 Å². The lowest BCUT2D eigenvalue weighted by Crippen LogP contribution is -2.18. The third kappa shape index (κ3) is 3.68. The van der Waals surface area contributed by atoms with Crippen LogP contribution in [-0.4, -0.2) is 16.5 Å². The number of hydrogen-bond donors (Lipinski definition) is 1. The molecule has 0 bridgehead atoms. The molecule has 0 aliphatic heterocycles. The van der Waals surface area contributed by atoms with E-state index in [1.165, 1.54) is 17.7 Å². The van der Waals surface area contributed by atoms with Crippen molar-refractivity contribution >= 4 is 23.1 Å². The number of nitrogens with zero attached hydrogens (tertiary/aromatic N) is 3. The van der Waals surface area contributed by atoms with Gasteiger partial charge < -0.3 is 10.2 Å². The summed E-state index contributed by atoms with van der Waals surface area (Å²) >= 11 is 0. The molecule has 0 aliphatic rings. The van der Waals surface area contributed by atoms with Crippen LogP contribution < -0.4 is 10.2 Å². The van der Waals surface area contributed by atoms with E-state index in [2.05, 4.69) is 52.2 Å². The van der Waals surface area contributed by atoms with E-state index >= 15 is 0 Å². The molecule has 24 heavy (non-hydrogen) atoms. The third-order valence-electron chi connectivity index (χ3n) is 3.63. The van der Waals surface area contributed by atoms with Crippen molar-refractivity contribution in [2.45, 2.75) is 13.8 Å². The van der Waals surface area contributed by atoms with Crippen LogP contribution in [0.2, 0.25) is 0 Å². The molecule has 5 heteroatoms. The Morgan fingerprint density at radius 3 is 2.67 bits per heavy atom. The van der Waals surface area contributed by atoms with Gasteiger partial charge in [0.1, 0.15) is 11.6 Å². The smallest absolute Gasteiger partial charge is 0.229 e. The van der Waals surface area contributed by atoms with Gasteiger partial charge in [0, 0.05) is 24.1 Å². The van der Waals surface area contributed by atoms with Gasteiger partial charge in [0.2, 0.25) is 5.95 Å². The van der Waals surface area contributed by atoms with Crippen LogP contribution in [-0.2, 0) is 0 Å². The summed E-state index contributed by atoms with van der Waals surface area (Å²) in [5.41, 5.74) is 2.89. The van der Waals surface area contributed by atoms with Crippen molar-refractivity contribution < 1.29 is 4.39 Å². The first kappa shape index (κ1) is 15.9. The van der Waals surface area contributed by atoms with Crippen LogP contribution in [0.4, 0.5) is 27.5 Å². The lowest BCUT2D eigenvalue weighted by Gasteiger charge is -2.22. The minimum atomic E-state index is -0.300. The molecule has 2 aromatic carbocycles. The number of aromatic nitrogens is 2. The number of halogens is 1. The highest BCUT2D eigenvalue weighted by Crippen LogP contribution is 2.25. The molecule has 0 unspecified atom stereocenters. The molecule has 0 saturated carbocycles. The van der Waals surface area contributed by atoms with Crippen LogP contribution in [0.15, 0.2) is 60.8 Å². The van der Waals surface area contributed by atoms with Crippen molar-refractivity contribution in [3.05, 3.63) is 72.2 Å². The molecule has 4 nitrogen and oxygen atoms in total. The van der Waals surface area contributed by atoms with Gasteiger partial charge in [0.15, 0.2) is 0 Å². The predicted molar refractivity (Wildman–Crippen MR) is 95.6 cm³/mol. The van der Waals surface area contributed by atoms with Crippen molar-refractivity contribution in [1.29, 1.82) is 0 Å². The molecule has 122 valence electrons. The summed E-state index contributed by atoms with van der Waals surface area (Å²) in [7, 11) is 0. The molecule has 1 heterocycles. The summed E-state index contributed by atoms with van der Waals surface area (Å²) in [4.78, 5) is 10.9. The van der Waals surface area contributed by atoms with Crippen molar-refractivity contribution in [1.82, 2.24) is 9.97 Å². The van der Waals surface area contributed by atoms with Crippen LogP contribution in [0.5, 0.6) is 0 Å². The SMILES string of the molecule is CCN(c1cccc(C)c1)c1ccnc(Nc2cccc(F)c2)n1. The second-order valence-electron chi connectivity index (χ2n) is 5.46. The Bertz CT molecular complexity index is 835. The fourth-order valence-electron chi connectivity index (χ4n) is 2.53. The number of nitrogens with one attached hydrogen (secondary N) is 1. The monoisotopic (exact) mass is 322 g/mol. The van der Waals surface area contributed by atoms with Crippen LogP contribution in [0.3, 0.4) is 0 Å². The van der Waals surface area contributed by atoms with Crippen LogP contribution >= 0.6 is 0 Å². The summed E-state index contributed by atoms with van der Waals surface area (Å²) in [6, 6.07) is 16.4. The zero-order valence-corrected chi connectivity index (χ0v) is 13.7. The molecule has 0 spiro atoms. The fraction of sp³-hybridized carbons (Fsp3) is 0.158. The second-order valence-corrected chi connectivity index (χ2v) is 5.46. The normalized spacial score (nSPS) is 10.5. The van der Waals surface area contributed by atoms with E-state index in [1.807, 2.05) is 12.1 Å². The molecule has 0 aliphatic carbocycles. The van der Waals surface area contributed by atoms with Gasteiger partial charge in [-0.2, -0.15) is 4.98 Å². The summed E-state index contributed by atoms with van der Waals surface area (Å²) in [6.07, 6.45) is 1.70. The summed E-state index contributed by atoms with van der Waals surface area (Å²) in [6.45, 7) is 4.91. The first-order valence-electron chi connectivity index (χ1n) is 7.85. The number of hydrogen-bond acceptors (Lipinski definition) is 4. The van der Waals surface area contributed by atoms with Gasteiger partial charge in [-0.15, -0.1) is 0 Å². The van der Waals surface area contributed by atoms with E-state index in [0.717, 1.165) is 18.1 Å². The number of rotatable bonds is 5. The van der Waals surface area contributed by atoms with Crippen molar-refractivity contribution in [3.63, 3.8) is 0 Å². The standard InChI is InChI=1S/C19H19FN4/c1-3-24(17-9-4-6-14(2)12-17)18-10-11-21-19(23-18)22-16-8-5-7-15(20)13-16/h4-13H,3H2,1-2H3,(H,21,22,23). The minimum absolute atomic E-state index is 0.300. The Balaban J connectivity index is 1.88. The maximum absolute atomic E-state index is 13.3. The van der Waals surface area contributed by atoms with Crippen molar-refractivity contribution in [2.75, 3.05) is 16.8 Å². The Labute approximate surface area is 141 Å². The molecule has 3 rings (SSSR count). The van der Waals surface area contributed by atoms with Gasteiger partial charge in [-0.3, -0.25) is 0 Å². The Hall–Kier alpha value is -2.95. The molecule has 1 aromatic heterocycles. The molecular formula is C19H19FN4. The summed E-state index contributed by atoms with van der Waals surface area (Å²) < 4.78 is 13.3. The van der Waals surface area contributed by atoms with Gasteiger partial charge in [-0.05, 0) is 55.8 Å². The summed E-state index contributed by atoms with van der Waals surface area (Å²) in [5, 5.41) is 3.04. The predicted octanol–water partition coefficient (Wildman–Crippen LogP) is 4.83. The summed E-state index contributed by atoms with van der Waals surface area (Å²) in [5.74, 6) is 0.923. The molecule has 3 aromatic rings.